The normalized spacial score (nSPS) is 19.5. The maximum Gasteiger partial charge on any atom is 0.308 e. The fourth-order valence-electron chi connectivity index (χ4n) is 4.21. The molecule has 1 atom stereocenters. The molecule has 0 radical (unpaired) electrons. The third kappa shape index (κ3) is 4.87. The Morgan fingerprint density at radius 3 is 2.81 bits per heavy atom. The summed E-state index contributed by atoms with van der Waals surface area (Å²) >= 11 is 6.55. The van der Waals surface area contributed by atoms with E-state index in [0.29, 0.717) is 34.5 Å². The SMILES string of the molecule is COC(=O)C[C@@H]1C(=O)NCCN1c1nc2c(C)cccn2c(=O)c1/C=C1\SC(=S)N(CC(C)C)C1=O. The van der Waals surface area contributed by atoms with Crippen LogP contribution in [0.5, 0.6) is 0 Å². The van der Waals surface area contributed by atoms with E-state index >= 15 is 0 Å². The second kappa shape index (κ2) is 10.4. The average Bonchev–Trinajstić information content (AvgIpc) is 3.09. The van der Waals surface area contributed by atoms with Crippen molar-refractivity contribution in [1.29, 1.82) is 0 Å². The van der Waals surface area contributed by atoms with Gasteiger partial charge in [-0.1, -0.05) is 43.9 Å². The average molecular weight is 530 g/mol. The Bertz CT molecular complexity index is 1350. The number of aromatic nitrogens is 2. The number of nitrogens with zero attached hydrogens (tertiary/aromatic N) is 4. The van der Waals surface area contributed by atoms with Crippen LogP contribution in [0.1, 0.15) is 31.4 Å². The molecule has 2 saturated heterocycles. The molecule has 0 bridgehead atoms. The second-order valence-corrected chi connectivity index (χ2v) is 10.7. The third-order valence-corrected chi connectivity index (χ3v) is 7.33. The van der Waals surface area contributed by atoms with Crippen LogP contribution in [0.4, 0.5) is 5.82 Å². The van der Waals surface area contributed by atoms with Crippen LogP contribution >= 0.6 is 24.0 Å². The molecule has 190 valence electrons. The summed E-state index contributed by atoms with van der Waals surface area (Å²) in [4.78, 5) is 60.0. The van der Waals surface area contributed by atoms with Gasteiger partial charge in [0.05, 0.1) is 24.0 Å². The van der Waals surface area contributed by atoms with Crippen molar-refractivity contribution in [2.24, 2.45) is 5.92 Å². The summed E-state index contributed by atoms with van der Waals surface area (Å²) in [6.07, 6.45) is 2.89. The van der Waals surface area contributed by atoms with Crippen LogP contribution in [-0.2, 0) is 19.1 Å². The van der Waals surface area contributed by atoms with Gasteiger partial charge in [0, 0.05) is 25.8 Å². The Kier molecular flexibility index (Phi) is 7.46. The van der Waals surface area contributed by atoms with Crippen molar-refractivity contribution in [3.63, 3.8) is 0 Å². The molecule has 10 nitrogen and oxygen atoms in total. The van der Waals surface area contributed by atoms with Crippen LogP contribution in [0.25, 0.3) is 11.7 Å². The van der Waals surface area contributed by atoms with Gasteiger partial charge in [-0.15, -0.1) is 0 Å². The highest BCUT2D eigenvalue weighted by Crippen LogP contribution is 2.34. The molecule has 2 aromatic heterocycles. The van der Waals surface area contributed by atoms with Crippen molar-refractivity contribution < 1.29 is 19.1 Å². The molecular weight excluding hydrogens is 502 g/mol. The number of carbonyl (C=O) groups is 3. The number of pyridine rings is 1. The minimum Gasteiger partial charge on any atom is -0.469 e. The number of esters is 1. The van der Waals surface area contributed by atoms with E-state index in [1.807, 2.05) is 26.8 Å². The molecule has 2 aromatic rings. The molecule has 12 heteroatoms. The van der Waals surface area contributed by atoms with Crippen LogP contribution < -0.4 is 15.8 Å². The maximum atomic E-state index is 13.7. The molecule has 0 aromatic carbocycles. The molecule has 36 heavy (non-hydrogen) atoms. The summed E-state index contributed by atoms with van der Waals surface area (Å²) in [7, 11) is 1.25. The van der Waals surface area contributed by atoms with Crippen molar-refractivity contribution >= 4 is 63.6 Å². The summed E-state index contributed by atoms with van der Waals surface area (Å²) in [6.45, 7) is 6.91. The number of thioether (sulfide) groups is 1. The number of piperazine rings is 1. The molecule has 0 spiro atoms. The van der Waals surface area contributed by atoms with E-state index in [-0.39, 0.29) is 35.5 Å². The molecular formula is C24H27N5O5S2. The van der Waals surface area contributed by atoms with Gasteiger partial charge in [-0.25, -0.2) is 4.98 Å². The number of hydrogen-bond acceptors (Lipinski definition) is 9. The number of methoxy groups -OCH3 is 1. The highest BCUT2D eigenvalue weighted by atomic mass is 32.2. The van der Waals surface area contributed by atoms with Crippen LogP contribution in [0.3, 0.4) is 0 Å². The largest absolute Gasteiger partial charge is 0.469 e. The topological polar surface area (TPSA) is 113 Å². The predicted molar refractivity (Wildman–Crippen MR) is 142 cm³/mol. The number of hydrogen-bond donors (Lipinski definition) is 1. The van der Waals surface area contributed by atoms with Crippen molar-refractivity contribution in [2.75, 3.05) is 31.6 Å². The monoisotopic (exact) mass is 529 g/mol. The number of amides is 2. The predicted octanol–water partition coefficient (Wildman–Crippen LogP) is 1.73. The first-order chi connectivity index (χ1) is 17.1. The number of aryl methyl sites for hydroxylation is 1. The highest BCUT2D eigenvalue weighted by molar-refractivity contribution is 8.26. The molecule has 2 aliphatic rings. The van der Waals surface area contributed by atoms with E-state index in [9.17, 15) is 19.2 Å². The molecule has 0 saturated carbocycles. The number of ether oxygens (including phenoxy) is 1. The molecule has 2 fully saturated rings. The Labute approximate surface area is 217 Å². The highest BCUT2D eigenvalue weighted by Gasteiger charge is 2.37. The van der Waals surface area contributed by atoms with Gasteiger partial charge in [-0.05, 0) is 30.5 Å². The minimum atomic E-state index is -0.924. The lowest BCUT2D eigenvalue weighted by atomic mass is 10.1. The molecule has 2 aliphatic heterocycles. The van der Waals surface area contributed by atoms with Crippen LogP contribution in [-0.4, -0.2) is 69.2 Å². The van der Waals surface area contributed by atoms with E-state index in [4.69, 9.17) is 21.9 Å². The number of rotatable bonds is 6. The van der Waals surface area contributed by atoms with Crippen LogP contribution in [0.15, 0.2) is 28.0 Å². The Morgan fingerprint density at radius 1 is 1.36 bits per heavy atom. The smallest absolute Gasteiger partial charge is 0.308 e. The molecule has 4 heterocycles. The summed E-state index contributed by atoms with van der Waals surface area (Å²) < 4.78 is 6.63. The number of carbonyl (C=O) groups excluding carboxylic acids is 3. The first-order valence-electron chi connectivity index (χ1n) is 11.5. The molecule has 4 rings (SSSR count). The van der Waals surface area contributed by atoms with Gasteiger partial charge in [-0.2, -0.15) is 0 Å². The van der Waals surface area contributed by atoms with Gasteiger partial charge < -0.3 is 15.0 Å². The lowest BCUT2D eigenvalue weighted by Gasteiger charge is -2.36. The van der Waals surface area contributed by atoms with Crippen LogP contribution in [0, 0.1) is 12.8 Å². The molecule has 1 N–H and O–H groups in total. The zero-order chi connectivity index (χ0) is 26.1. The summed E-state index contributed by atoms with van der Waals surface area (Å²) in [5.41, 5.74) is 0.935. The standard InChI is InChI=1S/C24H27N5O5S2/c1-13(2)12-29-23(33)17(36-24(29)35)10-15-20(26-19-14(3)6-5-8-28(19)22(15)32)27-9-7-25-21(31)16(27)11-18(30)34-4/h5-6,8,10,13,16H,7,9,11-12H2,1-4H3,(H,25,31)/b17-10-/t16-/m1/s1. The Morgan fingerprint density at radius 2 is 2.11 bits per heavy atom. The number of thiocarbonyl (C=S) groups is 1. The van der Waals surface area contributed by atoms with Gasteiger partial charge in [0.1, 0.15) is 21.8 Å². The number of nitrogens with one attached hydrogen (secondary N) is 1. The van der Waals surface area contributed by atoms with Gasteiger partial charge in [0.2, 0.25) is 5.91 Å². The number of fused-ring (bicyclic) bond motifs is 1. The first kappa shape index (κ1) is 25.8. The van der Waals surface area contributed by atoms with Gasteiger partial charge in [0.15, 0.2) is 0 Å². The minimum absolute atomic E-state index is 0.146. The molecule has 0 unspecified atom stereocenters. The van der Waals surface area contributed by atoms with E-state index in [0.717, 1.165) is 17.3 Å². The van der Waals surface area contributed by atoms with E-state index in [1.54, 1.807) is 17.2 Å². The molecule has 0 aliphatic carbocycles. The van der Waals surface area contributed by atoms with Crippen molar-refractivity contribution in [3.05, 3.63) is 44.7 Å². The Balaban J connectivity index is 1.90. The van der Waals surface area contributed by atoms with E-state index in [1.165, 1.54) is 22.5 Å². The summed E-state index contributed by atoms with van der Waals surface area (Å²) in [5.74, 6) is -0.767. The fraction of sp³-hybridized carbons (Fsp3) is 0.417. The van der Waals surface area contributed by atoms with Crippen molar-refractivity contribution in [3.8, 4) is 0 Å². The van der Waals surface area contributed by atoms with E-state index < -0.39 is 17.6 Å². The summed E-state index contributed by atoms with van der Waals surface area (Å²) in [6, 6.07) is 2.65. The Hall–Kier alpha value is -3.25. The van der Waals surface area contributed by atoms with Crippen molar-refractivity contribution in [1.82, 2.24) is 19.6 Å². The van der Waals surface area contributed by atoms with Crippen molar-refractivity contribution in [2.45, 2.75) is 33.2 Å². The number of anilines is 1. The lowest BCUT2D eigenvalue weighted by molar-refractivity contribution is -0.143. The third-order valence-electron chi connectivity index (χ3n) is 5.95. The quantitative estimate of drug-likeness (QED) is 0.340. The fourth-order valence-corrected chi connectivity index (χ4v) is 5.47. The molecule has 2 amide bonds. The van der Waals surface area contributed by atoms with Crippen LogP contribution in [0.2, 0.25) is 0 Å². The second-order valence-electron chi connectivity index (χ2n) is 9.01. The maximum absolute atomic E-state index is 13.7. The zero-order valence-corrected chi connectivity index (χ0v) is 22.1. The van der Waals surface area contributed by atoms with E-state index in [2.05, 4.69) is 5.32 Å². The summed E-state index contributed by atoms with van der Waals surface area (Å²) in [5, 5.41) is 2.76. The van der Waals surface area contributed by atoms with Gasteiger partial charge in [-0.3, -0.25) is 28.5 Å². The van der Waals surface area contributed by atoms with Gasteiger partial charge in [0.25, 0.3) is 11.5 Å². The zero-order valence-electron chi connectivity index (χ0n) is 20.4. The lowest BCUT2D eigenvalue weighted by Crippen LogP contribution is -2.57. The first-order valence-corrected chi connectivity index (χ1v) is 12.7. The van der Waals surface area contributed by atoms with Gasteiger partial charge >= 0.3 is 5.97 Å².